The predicted octanol–water partition coefficient (Wildman–Crippen LogP) is 5.86. The molecule has 4 heteroatoms. The van der Waals surface area contributed by atoms with Gasteiger partial charge < -0.3 is 9.16 Å². The molecule has 0 amide bonds. The van der Waals surface area contributed by atoms with Gasteiger partial charge in [-0.05, 0) is 49.2 Å². The largest absolute Gasteiger partial charge is 0.504 e. The highest BCUT2D eigenvalue weighted by atomic mass is 28.4. The Bertz CT molecular complexity index is 410. The number of allylic oxidation sites excluding steroid dienone is 1. The lowest BCUT2D eigenvalue weighted by Gasteiger charge is -2.46. The summed E-state index contributed by atoms with van der Waals surface area (Å²) >= 11 is 0. The summed E-state index contributed by atoms with van der Waals surface area (Å²) in [5.74, 6) is 0.389. The number of ketones is 1. The topological polar surface area (TPSA) is 35.5 Å². The number of ether oxygens (including phenoxy) is 1. The molecule has 0 N–H and O–H groups in total. The van der Waals surface area contributed by atoms with Crippen LogP contribution in [-0.2, 0) is 14.0 Å². The fourth-order valence-electron chi connectivity index (χ4n) is 4.70. The van der Waals surface area contributed by atoms with Crippen molar-refractivity contribution in [3.8, 4) is 0 Å². The number of carbonyl (C=O) groups is 1. The monoisotopic (exact) mass is 354 g/mol. The third kappa shape index (κ3) is 4.72. The van der Waals surface area contributed by atoms with Gasteiger partial charge in [0.15, 0.2) is 5.78 Å². The highest BCUT2D eigenvalue weighted by molar-refractivity contribution is 6.77. The highest BCUT2D eigenvalue weighted by Gasteiger charge is 2.47. The van der Waals surface area contributed by atoms with E-state index in [1.54, 1.807) is 13.4 Å². The number of hydrogen-bond acceptors (Lipinski definition) is 3. The van der Waals surface area contributed by atoms with E-state index in [2.05, 4.69) is 41.5 Å². The molecule has 0 unspecified atom stereocenters. The highest BCUT2D eigenvalue weighted by Crippen LogP contribution is 2.44. The summed E-state index contributed by atoms with van der Waals surface area (Å²) in [7, 11) is -0.222. The fourth-order valence-corrected chi connectivity index (χ4v) is 10.3. The Balaban J connectivity index is 2.73. The average Bonchev–Trinajstić information content (AvgIpc) is 2.51. The van der Waals surface area contributed by atoms with Gasteiger partial charge in [-0.3, -0.25) is 4.79 Å². The van der Waals surface area contributed by atoms with Crippen molar-refractivity contribution in [3.05, 3.63) is 11.8 Å². The number of rotatable bonds is 8. The van der Waals surface area contributed by atoms with Crippen LogP contribution in [0, 0.1) is 5.92 Å². The van der Waals surface area contributed by atoms with Gasteiger partial charge in [-0.2, -0.15) is 0 Å². The number of carbonyl (C=O) groups excluding carboxylic acids is 1. The zero-order chi connectivity index (χ0) is 18.5. The van der Waals surface area contributed by atoms with Crippen LogP contribution in [0.15, 0.2) is 11.8 Å². The molecule has 0 bridgehead atoms. The molecule has 0 saturated heterocycles. The minimum absolute atomic E-state index is 0.143. The molecule has 1 aliphatic rings. The maximum absolute atomic E-state index is 12.4. The summed E-state index contributed by atoms with van der Waals surface area (Å²) in [5.41, 5.74) is 2.58. The molecule has 1 rings (SSSR count). The Morgan fingerprint density at radius 3 is 1.79 bits per heavy atom. The second kappa shape index (κ2) is 9.19. The molecule has 0 aromatic carbocycles. The summed E-state index contributed by atoms with van der Waals surface area (Å²) in [6.45, 7) is 15.9. The molecule has 0 aliphatic heterocycles. The minimum Gasteiger partial charge on any atom is -0.504 e. The first-order valence-electron chi connectivity index (χ1n) is 9.58. The molecule has 0 atom stereocenters. The van der Waals surface area contributed by atoms with Crippen LogP contribution in [0.3, 0.4) is 0 Å². The Kier molecular flexibility index (Phi) is 8.20. The summed E-state index contributed by atoms with van der Waals surface area (Å²) in [6, 6.07) is 0. The average molecular weight is 355 g/mol. The van der Waals surface area contributed by atoms with E-state index >= 15 is 0 Å². The SMILES string of the molecule is COC=C(C)C(=O)C1CCC(O[Si](C(C)C)(C(C)C)C(C)C)CC1. The quantitative estimate of drug-likeness (QED) is 0.311. The number of hydrogen-bond donors (Lipinski definition) is 0. The van der Waals surface area contributed by atoms with Gasteiger partial charge in [-0.15, -0.1) is 0 Å². The lowest BCUT2D eigenvalue weighted by Crippen LogP contribution is -2.50. The predicted molar refractivity (Wildman–Crippen MR) is 104 cm³/mol. The normalized spacial score (nSPS) is 23.2. The van der Waals surface area contributed by atoms with Gasteiger partial charge in [0, 0.05) is 17.6 Å². The molecule has 1 aliphatic carbocycles. The smallest absolute Gasteiger partial charge is 0.200 e. The summed E-state index contributed by atoms with van der Waals surface area (Å²) in [6.07, 6.45) is 5.81. The van der Waals surface area contributed by atoms with Gasteiger partial charge in [0.05, 0.1) is 13.4 Å². The molecule has 0 radical (unpaired) electrons. The van der Waals surface area contributed by atoms with Crippen molar-refractivity contribution in [3.63, 3.8) is 0 Å². The van der Waals surface area contributed by atoms with Crippen molar-refractivity contribution in [1.82, 2.24) is 0 Å². The third-order valence-electron chi connectivity index (χ3n) is 5.81. The van der Waals surface area contributed by atoms with Crippen molar-refractivity contribution in [2.24, 2.45) is 5.92 Å². The molecule has 1 saturated carbocycles. The first-order valence-corrected chi connectivity index (χ1v) is 11.7. The van der Waals surface area contributed by atoms with Crippen LogP contribution >= 0.6 is 0 Å². The van der Waals surface area contributed by atoms with E-state index in [-0.39, 0.29) is 11.7 Å². The molecule has 3 nitrogen and oxygen atoms in total. The fraction of sp³-hybridized carbons (Fsp3) is 0.850. The van der Waals surface area contributed by atoms with E-state index in [0.717, 1.165) is 31.3 Å². The van der Waals surface area contributed by atoms with Gasteiger partial charge in [0.2, 0.25) is 8.32 Å². The number of methoxy groups -OCH3 is 1. The molecule has 0 spiro atoms. The molecule has 1 fully saturated rings. The molecule has 0 aromatic rings. The number of Topliss-reactive ketones (excluding diaryl/α,β-unsaturated/α-hetero) is 1. The second-order valence-electron chi connectivity index (χ2n) is 8.31. The van der Waals surface area contributed by atoms with Crippen LogP contribution in [0.2, 0.25) is 16.6 Å². The Morgan fingerprint density at radius 1 is 0.958 bits per heavy atom. The first kappa shape index (κ1) is 21.4. The van der Waals surface area contributed by atoms with Crippen molar-refractivity contribution < 1.29 is 14.0 Å². The summed E-state index contributed by atoms with van der Waals surface area (Å²) in [4.78, 5) is 12.4. The lowest BCUT2D eigenvalue weighted by atomic mass is 9.83. The van der Waals surface area contributed by atoms with Gasteiger partial charge in [-0.1, -0.05) is 41.5 Å². The molecule has 24 heavy (non-hydrogen) atoms. The lowest BCUT2D eigenvalue weighted by molar-refractivity contribution is -0.120. The standard InChI is InChI=1S/C20H38O3Si/c1-14(2)24(15(3)4,16(5)6)23-19-11-9-18(10-12-19)20(21)17(7)13-22-8/h13-16,18-19H,9-12H2,1-8H3. The van der Waals surface area contributed by atoms with Crippen LogP contribution in [0.4, 0.5) is 0 Å². The maximum Gasteiger partial charge on any atom is 0.200 e. The van der Waals surface area contributed by atoms with Crippen molar-refractivity contribution in [2.45, 2.75) is 96.9 Å². The van der Waals surface area contributed by atoms with Crippen molar-refractivity contribution >= 4 is 14.1 Å². The van der Waals surface area contributed by atoms with Crippen LogP contribution in [0.25, 0.3) is 0 Å². The van der Waals surface area contributed by atoms with Gasteiger partial charge in [0.25, 0.3) is 0 Å². The molecule has 0 aromatic heterocycles. The summed E-state index contributed by atoms with van der Waals surface area (Å²) in [5, 5.41) is 0. The van der Waals surface area contributed by atoms with Crippen molar-refractivity contribution in [2.75, 3.05) is 7.11 Å². The minimum atomic E-state index is -1.81. The third-order valence-corrected chi connectivity index (χ3v) is 12.0. The van der Waals surface area contributed by atoms with E-state index in [1.165, 1.54) is 0 Å². The maximum atomic E-state index is 12.4. The van der Waals surface area contributed by atoms with E-state index in [1.807, 2.05) is 6.92 Å². The van der Waals surface area contributed by atoms with E-state index in [4.69, 9.17) is 9.16 Å². The van der Waals surface area contributed by atoms with Crippen LogP contribution in [0.5, 0.6) is 0 Å². The Morgan fingerprint density at radius 2 is 1.42 bits per heavy atom. The van der Waals surface area contributed by atoms with Crippen LogP contribution < -0.4 is 0 Å². The van der Waals surface area contributed by atoms with Gasteiger partial charge >= 0.3 is 0 Å². The van der Waals surface area contributed by atoms with Crippen molar-refractivity contribution in [1.29, 1.82) is 0 Å². The molecular formula is C20H38O3Si. The van der Waals surface area contributed by atoms with E-state index < -0.39 is 8.32 Å². The van der Waals surface area contributed by atoms with E-state index in [9.17, 15) is 4.79 Å². The van der Waals surface area contributed by atoms with Gasteiger partial charge in [0.1, 0.15) is 0 Å². The zero-order valence-corrected chi connectivity index (χ0v) is 18.0. The second-order valence-corrected chi connectivity index (χ2v) is 13.7. The molecular weight excluding hydrogens is 316 g/mol. The zero-order valence-electron chi connectivity index (χ0n) is 17.0. The van der Waals surface area contributed by atoms with Gasteiger partial charge in [-0.25, -0.2) is 0 Å². The van der Waals surface area contributed by atoms with Crippen LogP contribution in [-0.4, -0.2) is 27.3 Å². The molecule has 140 valence electrons. The summed E-state index contributed by atoms with van der Waals surface area (Å²) < 4.78 is 11.9. The van der Waals surface area contributed by atoms with E-state index in [0.29, 0.717) is 22.7 Å². The molecule has 0 heterocycles. The first-order chi connectivity index (χ1) is 11.2. The Hall–Kier alpha value is -0.613. The Labute approximate surface area is 150 Å². The van der Waals surface area contributed by atoms with Crippen LogP contribution in [0.1, 0.15) is 74.1 Å².